The summed E-state index contributed by atoms with van der Waals surface area (Å²) in [5, 5.41) is 9.84. The van der Waals surface area contributed by atoms with E-state index in [1.54, 1.807) is 0 Å². The molecule has 5 heteroatoms. The molecule has 0 radical (unpaired) electrons. The van der Waals surface area contributed by atoms with E-state index >= 15 is 0 Å². The van der Waals surface area contributed by atoms with Gasteiger partial charge in [-0.15, -0.1) is 11.8 Å². The molecule has 134 valence electrons. The molecule has 2 aliphatic heterocycles. The Morgan fingerprint density at radius 3 is 2.46 bits per heavy atom. The Morgan fingerprint density at radius 1 is 1.04 bits per heavy atom. The van der Waals surface area contributed by atoms with Crippen LogP contribution in [0.15, 0.2) is 29.2 Å². The van der Waals surface area contributed by atoms with Gasteiger partial charge >= 0.3 is 0 Å². The van der Waals surface area contributed by atoms with Gasteiger partial charge in [-0.1, -0.05) is 18.2 Å². The van der Waals surface area contributed by atoms with Crippen LogP contribution in [-0.4, -0.2) is 85.5 Å². The van der Waals surface area contributed by atoms with Crippen LogP contribution >= 0.6 is 11.8 Å². The van der Waals surface area contributed by atoms with Crippen LogP contribution in [0.25, 0.3) is 0 Å². The first-order valence-corrected chi connectivity index (χ1v) is 10.3. The van der Waals surface area contributed by atoms with Crippen LogP contribution in [0.5, 0.6) is 0 Å². The van der Waals surface area contributed by atoms with Crippen molar-refractivity contribution >= 4 is 11.8 Å². The van der Waals surface area contributed by atoms with Crippen LogP contribution < -0.4 is 0 Å². The molecule has 0 amide bonds. The molecule has 0 aliphatic carbocycles. The molecule has 1 N–H and O–H groups in total. The molecule has 2 fully saturated rings. The molecule has 4 nitrogen and oxygen atoms in total. The molecule has 0 unspecified atom stereocenters. The summed E-state index contributed by atoms with van der Waals surface area (Å²) in [5.74, 6) is 1.02. The fourth-order valence-electron chi connectivity index (χ4n) is 4.02. The second kappa shape index (κ2) is 8.68. The Hall–Kier alpha value is -0.590. The van der Waals surface area contributed by atoms with Crippen molar-refractivity contribution in [3.63, 3.8) is 0 Å². The number of piperazine rings is 1. The summed E-state index contributed by atoms with van der Waals surface area (Å²) in [6.07, 6.45) is 2.15. The Bertz CT molecular complexity index is 519. The van der Waals surface area contributed by atoms with Gasteiger partial charge in [0, 0.05) is 63.9 Å². The van der Waals surface area contributed by atoms with Crippen LogP contribution in [-0.2, 0) is 6.54 Å². The van der Waals surface area contributed by atoms with Crippen LogP contribution in [0.2, 0.25) is 0 Å². The molecule has 2 heterocycles. The first kappa shape index (κ1) is 18.2. The molecular formula is C19H31N3OS. The lowest BCUT2D eigenvalue weighted by Crippen LogP contribution is -2.47. The average molecular weight is 350 g/mol. The fourth-order valence-corrected chi connectivity index (χ4v) is 4.62. The highest BCUT2D eigenvalue weighted by molar-refractivity contribution is 7.98. The van der Waals surface area contributed by atoms with E-state index in [2.05, 4.69) is 52.3 Å². The molecular weight excluding hydrogens is 318 g/mol. The van der Waals surface area contributed by atoms with E-state index in [4.69, 9.17) is 0 Å². The number of hydrogen-bond acceptors (Lipinski definition) is 5. The predicted octanol–water partition coefficient (Wildman–Crippen LogP) is 1.70. The van der Waals surface area contributed by atoms with Crippen LogP contribution in [0.3, 0.4) is 0 Å². The second-order valence-corrected chi connectivity index (χ2v) is 8.16. The van der Waals surface area contributed by atoms with E-state index in [0.717, 1.165) is 26.2 Å². The zero-order valence-corrected chi connectivity index (χ0v) is 15.8. The maximum Gasteiger partial charge on any atom is 0.0475 e. The van der Waals surface area contributed by atoms with Gasteiger partial charge in [0.05, 0.1) is 0 Å². The van der Waals surface area contributed by atoms with Crippen LogP contribution in [0.1, 0.15) is 5.56 Å². The first-order chi connectivity index (χ1) is 11.7. The number of benzene rings is 1. The highest BCUT2D eigenvalue weighted by Gasteiger charge is 2.33. The monoisotopic (exact) mass is 349 g/mol. The number of thioether (sulfide) groups is 1. The SMILES string of the molecule is CSc1ccccc1CN1C[C@@H](CN2CCN(C)CC2)[C@@H](CO)C1. The largest absolute Gasteiger partial charge is 0.396 e. The van der Waals surface area contributed by atoms with Crippen molar-refractivity contribution < 1.29 is 5.11 Å². The number of nitrogens with zero attached hydrogens (tertiary/aromatic N) is 3. The molecule has 24 heavy (non-hydrogen) atoms. The maximum absolute atomic E-state index is 9.84. The number of aliphatic hydroxyl groups is 1. The van der Waals surface area contributed by atoms with Gasteiger partial charge in [0.25, 0.3) is 0 Å². The number of likely N-dealkylation sites (tertiary alicyclic amines) is 1. The summed E-state index contributed by atoms with van der Waals surface area (Å²) >= 11 is 1.83. The summed E-state index contributed by atoms with van der Waals surface area (Å²) < 4.78 is 0. The molecule has 1 aromatic carbocycles. The van der Waals surface area contributed by atoms with E-state index < -0.39 is 0 Å². The van der Waals surface area contributed by atoms with Crippen molar-refractivity contribution in [3.8, 4) is 0 Å². The van der Waals surface area contributed by atoms with Gasteiger partial charge in [0.15, 0.2) is 0 Å². The summed E-state index contributed by atoms with van der Waals surface area (Å²) in [6.45, 7) is 9.27. The third kappa shape index (κ3) is 4.52. The Labute approximate surface area is 150 Å². The van der Waals surface area contributed by atoms with E-state index in [1.807, 2.05) is 11.8 Å². The van der Waals surface area contributed by atoms with Gasteiger partial charge in [-0.05, 0) is 36.8 Å². The zero-order valence-electron chi connectivity index (χ0n) is 15.0. The van der Waals surface area contributed by atoms with Gasteiger partial charge in [-0.3, -0.25) is 4.90 Å². The summed E-state index contributed by atoms with van der Waals surface area (Å²) in [5.41, 5.74) is 1.42. The second-order valence-electron chi connectivity index (χ2n) is 7.31. The third-order valence-electron chi connectivity index (χ3n) is 5.56. The average Bonchev–Trinajstić information content (AvgIpc) is 2.99. The smallest absolute Gasteiger partial charge is 0.0475 e. The maximum atomic E-state index is 9.84. The molecule has 2 saturated heterocycles. The van der Waals surface area contributed by atoms with Crippen molar-refractivity contribution in [3.05, 3.63) is 29.8 Å². The quantitative estimate of drug-likeness (QED) is 0.790. The third-order valence-corrected chi connectivity index (χ3v) is 6.40. The van der Waals surface area contributed by atoms with Crippen LogP contribution in [0, 0.1) is 11.8 Å². The van der Waals surface area contributed by atoms with Gasteiger partial charge < -0.3 is 14.9 Å². The summed E-state index contributed by atoms with van der Waals surface area (Å²) in [7, 11) is 2.20. The van der Waals surface area contributed by atoms with Crippen molar-refractivity contribution in [2.75, 3.05) is 65.7 Å². The van der Waals surface area contributed by atoms with E-state index in [9.17, 15) is 5.11 Å². The first-order valence-electron chi connectivity index (χ1n) is 9.05. The van der Waals surface area contributed by atoms with Crippen molar-refractivity contribution in [1.82, 2.24) is 14.7 Å². The lowest BCUT2D eigenvalue weighted by Gasteiger charge is -2.34. The lowest BCUT2D eigenvalue weighted by atomic mass is 9.96. The van der Waals surface area contributed by atoms with Gasteiger partial charge in [0.1, 0.15) is 0 Å². The summed E-state index contributed by atoms with van der Waals surface area (Å²) in [4.78, 5) is 8.91. The number of likely N-dealkylation sites (N-methyl/N-ethyl adjacent to an activating group) is 1. The van der Waals surface area contributed by atoms with Gasteiger partial charge in [0.2, 0.25) is 0 Å². The number of aliphatic hydroxyl groups excluding tert-OH is 1. The molecule has 3 rings (SSSR count). The molecule has 2 aliphatic rings. The number of rotatable bonds is 6. The van der Waals surface area contributed by atoms with Gasteiger partial charge in [-0.25, -0.2) is 0 Å². The van der Waals surface area contributed by atoms with Crippen molar-refractivity contribution in [1.29, 1.82) is 0 Å². The van der Waals surface area contributed by atoms with E-state index in [-0.39, 0.29) is 0 Å². The minimum atomic E-state index is 0.319. The Morgan fingerprint density at radius 2 is 1.75 bits per heavy atom. The summed E-state index contributed by atoms with van der Waals surface area (Å²) in [6, 6.07) is 8.71. The zero-order chi connectivity index (χ0) is 16.9. The molecule has 1 aromatic rings. The van der Waals surface area contributed by atoms with E-state index in [0.29, 0.717) is 18.4 Å². The van der Waals surface area contributed by atoms with Gasteiger partial charge in [-0.2, -0.15) is 0 Å². The Balaban J connectivity index is 1.57. The normalized spacial score (nSPS) is 27.0. The number of hydrogen-bond donors (Lipinski definition) is 1. The molecule has 2 atom stereocenters. The molecule has 0 saturated carbocycles. The fraction of sp³-hybridized carbons (Fsp3) is 0.684. The predicted molar refractivity (Wildman–Crippen MR) is 102 cm³/mol. The Kier molecular flexibility index (Phi) is 6.58. The molecule has 0 spiro atoms. The standard InChI is InChI=1S/C19H31N3OS/c1-20-7-9-21(10-8-20)12-17-13-22(14-18(17)15-23)11-16-5-3-4-6-19(16)24-2/h3-6,17-18,23H,7-15H2,1-2H3/t17-,18-/m1/s1. The van der Waals surface area contributed by atoms with E-state index in [1.165, 1.54) is 36.6 Å². The van der Waals surface area contributed by atoms with Crippen LogP contribution in [0.4, 0.5) is 0 Å². The minimum Gasteiger partial charge on any atom is -0.396 e. The van der Waals surface area contributed by atoms with Crippen molar-refractivity contribution in [2.45, 2.75) is 11.4 Å². The highest BCUT2D eigenvalue weighted by atomic mass is 32.2. The van der Waals surface area contributed by atoms with Crippen molar-refractivity contribution in [2.24, 2.45) is 11.8 Å². The molecule has 0 aromatic heterocycles. The molecule has 0 bridgehead atoms. The minimum absolute atomic E-state index is 0.319. The lowest BCUT2D eigenvalue weighted by molar-refractivity contribution is 0.116. The topological polar surface area (TPSA) is 30.0 Å². The highest BCUT2D eigenvalue weighted by Crippen LogP contribution is 2.28.